The number of hydrogen-bond donors (Lipinski definition) is 2. The monoisotopic (exact) mass is 388 g/mol. The van der Waals surface area contributed by atoms with Crippen molar-refractivity contribution in [3.63, 3.8) is 0 Å². The van der Waals surface area contributed by atoms with Crippen LogP contribution in [-0.4, -0.2) is 28.2 Å². The molecule has 2 heterocycles. The molecule has 0 saturated heterocycles. The summed E-state index contributed by atoms with van der Waals surface area (Å²) >= 11 is 0. The Balaban J connectivity index is 1.84. The van der Waals surface area contributed by atoms with Crippen molar-refractivity contribution in [1.29, 1.82) is 0 Å². The minimum Gasteiger partial charge on any atom is -0.478 e. The van der Waals surface area contributed by atoms with E-state index in [0.29, 0.717) is 18.0 Å². The predicted octanol–water partition coefficient (Wildman–Crippen LogP) is 5.09. The van der Waals surface area contributed by atoms with Crippen LogP contribution in [0.3, 0.4) is 0 Å². The molecule has 1 saturated carbocycles. The maximum absolute atomic E-state index is 13.2. The largest absolute Gasteiger partial charge is 0.478 e. The Morgan fingerprint density at radius 3 is 2.76 bits per heavy atom. The number of amides is 1. The second-order valence-electron chi connectivity index (χ2n) is 8.18. The summed E-state index contributed by atoms with van der Waals surface area (Å²) in [7, 11) is 0. The molecule has 1 fully saturated rings. The zero-order valence-electron chi connectivity index (χ0n) is 16.2. The number of allylic oxidation sites excluding steroid dienone is 4. The highest BCUT2D eigenvalue weighted by molar-refractivity contribution is 6.00. The van der Waals surface area contributed by atoms with Gasteiger partial charge < -0.3 is 10.4 Å². The molecule has 29 heavy (non-hydrogen) atoms. The third-order valence-electron chi connectivity index (χ3n) is 6.40. The molecule has 1 unspecified atom stereocenters. The van der Waals surface area contributed by atoms with E-state index in [1.807, 2.05) is 24.3 Å². The van der Waals surface area contributed by atoms with Gasteiger partial charge in [-0.1, -0.05) is 55.7 Å². The van der Waals surface area contributed by atoms with Crippen molar-refractivity contribution in [2.75, 3.05) is 6.54 Å². The van der Waals surface area contributed by atoms with Crippen LogP contribution in [0.25, 0.3) is 10.9 Å². The summed E-state index contributed by atoms with van der Waals surface area (Å²) in [6.07, 6.45) is 16.3. The molecular formula is C24H24N2O3. The maximum Gasteiger partial charge on any atom is 0.335 e. The Hall–Kier alpha value is -3.08. The van der Waals surface area contributed by atoms with Crippen molar-refractivity contribution in [3.05, 3.63) is 71.0 Å². The Morgan fingerprint density at radius 1 is 1.14 bits per heavy atom. The molecule has 1 aromatic heterocycles. The number of hydrogen-bond acceptors (Lipinski definition) is 2. The fourth-order valence-electron chi connectivity index (χ4n) is 5.08. The van der Waals surface area contributed by atoms with Gasteiger partial charge in [-0.3, -0.25) is 4.57 Å². The van der Waals surface area contributed by atoms with Crippen LogP contribution in [0.1, 0.15) is 65.6 Å². The molecule has 5 rings (SSSR count). The van der Waals surface area contributed by atoms with E-state index in [0.717, 1.165) is 29.5 Å². The fraction of sp³-hybridized carbons (Fsp3) is 0.333. The SMILES string of the molecule is O=C(O)c1ccc2c(C3CCCCC3)c3n(c2c1)C(=O)NCC1=CC3C=CC=C1. The number of aromatic nitrogens is 1. The third-order valence-corrected chi connectivity index (χ3v) is 6.40. The number of fused-ring (bicyclic) bond motifs is 5. The molecule has 1 atom stereocenters. The van der Waals surface area contributed by atoms with Crippen LogP contribution in [-0.2, 0) is 0 Å². The topological polar surface area (TPSA) is 71.3 Å². The molecule has 2 bridgehead atoms. The van der Waals surface area contributed by atoms with Gasteiger partial charge in [-0.2, -0.15) is 0 Å². The number of benzene rings is 1. The van der Waals surface area contributed by atoms with Crippen molar-refractivity contribution >= 4 is 22.9 Å². The Labute approximate surface area is 169 Å². The van der Waals surface area contributed by atoms with E-state index in [-0.39, 0.29) is 17.5 Å². The maximum atomic E-state index is 13.2. The molecular weight excluding hydrogens is 364 g/mol. The molecule has 1 aromatic carbocycles. The van der Waals surface area contributed by atoms with E-state index in [1.165, 1.54) is 24.8 Å². The highest BCUT2D eigenvalue weighted by atomic mass is 16.4. The van der Waals surface area contributed by atoms with Crippen molar-refractivity contribution < 1.29 is 14.7 Å². The van der Waals surface area contributed by atoms with E-state index in [9.17, 15) is 14.7 Å². The Bertz CT molecular complexity index is 1100. The smallest absolute Gasteiger partial charge is 0.335 e. The standard InChI is InChI=1S/C24H24N2O3/c27-23(28)18-10-11-19-20(13-18)26-22(21(19)16-7-2-1-3-8-16)17-9-5-4-6-15(12-17)14-25-24(26)29/h4-6,9-13,16-17H,1-3,7-8,14H2,(H,25,29)(H,27,28). The second kappa shape index (κ2) is 7.07. The van der Waals surface area contributed by atoms with E-state index < -0.39 is 5.97 Å². The molecule has 1 amide bonds. The summed E-state index contributed by atoms with van der Waals surface area (Å²) < 4.78 is 1.74. The van der Waals surface area contributed by atoms with E-state index in [4.69, 9.17) is 0 Å². The van der Waals surface area contributed by atoms with Crippen molar-refractivity contribution in [2.24, 2.45) is 0 Å². The Morgan fingerprint density at radius 2 is 1.97 bits per heavy atom. The van der Waals surface area contributed by atoms with Crippen molar-refractivity contribution in [1.82, 2.24) is 9.88 Å². The van der Waals surface area contributed by atoms with E-state index >= 15 is 0 Å². The average molecular weight is 388 g/mol. The number of carboxylic acids is 1. The lowest BCUT2D eigenvalue weighted by Gasteiger charge is -2.26. The number of aromatic carboxylic acids is 1. The van der Waals surface area contributed by atoms with Gasteiger partial charge in [0.1, 0.15) is 0 Å². The van der Waals surface area contributed by atoms with Crippen molar-refractivity contribution in [2.45, 2.75) is 43.9 Å². The summed E-state index contributed by atoms with van der Waals surface area (Å²) in [6.45, 7) is 0.462. The zero-order chi connectivity index (χ0) is 20.0. The summed E-state index contributed by atoms with van der Waals surface area (Å²) in [5, 5.41) is 13.5. The highest BCUT2D eigenvalue weighted by Crippen LogP contribution is 2.44. The molecule has 0 spiro atoms. The lowest BCUT2D eigenvalue weighted by atomic mass is 9.80. The van der Waals surface area contributed by atoms with Gasteiger partial charge in [-0.15, -0.1) is 0 Å². The van der Waals surface area contributed by atoms with Gasteiger partial charge in [-0.25, -0.2) is 9.59 Å². The van der Waals surface area contributed by atoms with Gasteiger partial charge in [-0.05, 0) is 42.0 Å². The normalized spacial score (nSPS) is 21.7. The number of nitrogens with one attached hydrogen (secondary N) is 1. The minimum atomic E-state index is -0.978. The van der Waals surface area contributed by atoms with Gasteiger partial charge >= 0.3 is 12.0 Å². The van der Waals surface area contributed by atoms with Crippen LogP contribution in [0, 0.1) is 0 Å². The first kappa shape index (κ1) is 18.0. The van der Waals surface area contributed by atoms with Gasteiger partial charge in [0, 0.05) is 23.5 Å². The van der Waals surface area contributed by atoms with E-state index in [1.54, 1.807) is 16.7 Å². The Kier molecular flexibility index (Phi) is 4.38. The molecule has 2 aromatic rings. The van der Waals surface area contributed by atoms with Crippen LogP contribution in [0.2, 0.25) is 0 Å². The molecule has 3 aliphatic rings. The second-order valence-corrected chi connectivity index (χ2v) is 8.18. The van der Waals surface area contributed by atoms with Crippen molar-refractivity contribution in [3.8, 4) is 0 Å². The molecule has 5 heteroatoms. The first-order chi connectivity index (χ1) is 14.1. The first-order valence-electron chi connectivity index (χ1n) is 10.4. The van der Waals surface area contributed by atoms with Crippen LogP contribution < -0.4 is 5.32 Å². The van der Waals surface area contributed by atoms with Crippen LogP contribution in [0.15, 0.2) is 54.2 Å². The number of nitrogens with zero attached hydrogens (tertiary/aromatic N) is 1. The van der Waals surface area contributed by atoms with Gasteiger partial charge in [0.2, 0.25) is 0 Å². The quantitative estimate of drug-likeness (QED) is 0.752. The number of carbonyl (C=O) groups excluding carboxylic acids is 1. The molecule has 1 aliphatic heterocycles. The highest BCUT2D eigenvalue weighted by Gasteiger charge is 2.32. The van der Waals surface area contributed by atoms with Gasteiger partial charge in [0.15, 0.2) is 0 Å². The fourth-order valence-corrected chi connectivity index (χ4v) is 5.08. The van der Waals surface area contributed by atoms with E-state index in [2.05, 4.69) is 17.5 Å². The number of carboxylic acid groups (broad SMARTS) is 1. The summed E-state index contributed by atoms with van der Waals surface area (Å²) in [5.74, 6) is -0.593. The van der Waals surface area contributed by atoms with Crippen LogP contribution in [0.5, 0.6) is 0 Å². The molecule has 148 valence electrons. The number of rotatable bonds is 2. The van der Waals surface area contributed by atoms with Crippen LogP contribution in [0.4, 0.5) is 4.79 Å². The minimum absolute atomic E-state index is 0.0105. The summed E-state index contributed by atoms with van der Waals surface area (Å²) in [6, 6.07) is 5.03. The van der Waals surface area contributed by atoms with Gasteiger partial charge in [0.25, 0.3) is 0 Å². The van der Waals surface area contributed by atoms with Crippen LogP contribution >= 0.6 is 0 Å². The molecule has 2 N–H and O–H groups in total. The van der Waals surface area contributed by atoms with Gasteiger partial charge in [0.05, 0.1) is 11.1 Å². The average Bonchev–Trinajstić information content (AvgIpc) is 2.87. The third kappa shape index (κ3) is 3.01. The molecule has 5 nitrogen and oxygen atoms in total. The first-order valence-corrected chi connectivity index (χ1v) is 10.4. The molecule has 2 aliphatic carbocycles. The molecule has 0 radical (unpaired) electrons. The predicted molar refractivity (Wildman–Crippen MR) is 113 cm³/mol. The zero-order valence-corrected chi connectivity index (χ0v) is 16.2. The summed E-state index contributed by atoms with van der Waals surface area (Å²) in [4.78, 5) is 24.8. The number of carbonyl (C=O) groups is 2. The lowest BCUT2D eigenvalue weighted by molar-refractivity contribution is 0.0697. The lowest BCUT2D eigenvalue weighted by Crippen LogP contribution is -2.33. The summed E-state index contributed by atoms with van der Waals surface area (Å²) in [5.41, 5.74) is 4.20.